The monoisotopic (exact) mass is 236 g/mol. The van der Waals surface area contributed by atoms with E-state index in [0.717, 1.165) is 0 Å². The molecule has 0 radical (unpaired) electrons. The molecule has 0 aliphatic rings. The Labute approximate surface area is 99.9 Å². The lowest BCUT2D eigenvalue weighted by Gasteiger charge is -2.21. The summed E-state index contributed by atoms with van der Waals surface area (Å²) in [4.78, 5) is 26.5. The van der Waals surface area contributed by atoms with Gasteiger partial charge in [0.2, 0.25) is 5.91 Å². The smallest absolute Gasteiger partial charge is 0.335 e. The van der Waals surface area contributed by atoms with E-state index in [1.54, 1.807) is 0 Å². The van der Waals surface area contributed by atoms with Crippen LogP contribution in [-0.4, -0.2) is 22.0 Å². The number of nitrogens with zero attached hydrogens (tertiary/aromatic N) is 1. The lowest BCUT2D eigenvalue weighted by atomic mass is 9.89. The quantitative estimate of drug-likeness (QED) is 0.839. The third-order valence-corrected chi connectivity index (χ3v) is 2.75. The second-order valence-electron chi connectivity index (χ2n) is 4.43. The Bertz CT molecular complexity index is 441. The molecule has 2 N–H and O–H groups in total. The first-order valence-electron chi connectivity index (χ1n) is 5.37. The van der Waals surface area contributed by atoms with Gasteiger partial charge in [0, 0.05) is 11.6 Å². The molecule has 17 heavy (non-hydrogen) atoms. The maximum Gasteiger partial charge on any atom is 0.335 e. The van der Waals surface area contributed by atoms with E-state index in [-0.39, 0.29) is 17.3 Å². The van der Waals surface area contributed by atoms with Crippen LogP contribution in [0.5, 0.6) is 0 Å². The topological polar surface area (TPSA) is 79.3 Å². The summed E-state index contributed by atoms with van der Waals surface area (Å²) in [5.74, 6) is -0.955. The van der Waals surface area contributed by atoms with Crippen molar-refractivity contribution >= 4 is 17.7 Å². The molecule has 0 atom stereocenters. The molecule has 1 heterocycles. The zero-order valence-electron chi connectivity index (χ0n) is 10.2. The van der Waals surface area contributed by atoms with Crippen LogP contribution in [0.3, 0.4) is 0 Å². The van der Waals surface area contributed by atoms with E-state index >= 15 is 0 Å². The minimum Gasteiger partial charge on any atom is -0.478 e. The van der Waals surface area contributed by atoms with Crippen molar-refractivity contribution in [2.45, 2.75) is 27.2 Å². The predicted molar refractivity (Wildman–Crippen MR) is 63.9 cm³/mol. The van der Waals surface area contributed by atoms with Crippen molar-refractivity contribution in [3.8, 4) is 0 Å². The maximum atomic E-state index is 11.8. The number of rotatable bonds is 4. The number of carbonyl (C=O) groups is 2. The summed E-state index contributed by atoms with van der Waals surface area (Å²) in [5.41, 5.74) is -0.398. The number of carboxylic acid groups (broad SMARTS) is 1. The van der Waals surface area contributed by atoms with E-state index in [0.29, 0.717) is 6.42 Å². The Balaban J connectivity index is 2.86. The lowest BCUT2D eigenvalue weighted by Crippen LogP contribution is -2.30. The molecule has 1 rings (SSSR count). The van der Waals surface area contributed by atoms with Crippen molar-refractivity contribution in [1.29, 1.82) is 0 Å². The molecule has 92 valence electrons. The highest BCUT2D eigenvalue weighted by atomic mass is 16.4. The van der Waals surface area contributed by atoms with Crippen molar-refractivity contribution in [3.63, 3.8) is 0 Å². The van der Waals surface area contributed by atoms with E-state index < -0.39 is 11.4 Å². The van der Waals surface area contributed by atoms with Gasteiger partial charge in [-0.3, -0.25) is 4.79 Å². The number of amides is 1. The molecule has 1 aromatic rings. The van der Waals surface area contributed by atoms with Gasteiger partial charge in [-0.25, -0.2) is 9.78 Å². The van der Waals surface area contributed by atoms with E-state index in [2.05, 4.69) is 10.3 Å². The molecule has 5 nitrogen and oxygen atoms in total. The molecule has 0 fully saturated rings. The Kier molecular flexibility index (Phi) is 3.83. The Morgan fingerprint density at radius 3 is 2.65 bits per heavy atom. The van der Waals surface area contributed by atoms with Crippen LogP contribution in [0.15, 0.2) is 18.3 Å². The molecule has 5 heteroatoms. The van der Waals surface area contributed by atoms with Crippen molar-refractivity contribution in [2.75, 3.05) is 5.32 Å². The first-order chi connectivity index (χ1) is 7.86. The van der Waals surface area contributed by atoms with E-state index in [4.69, 9.17) is 5.11 Å². The number of aromatic nitrogens is 1. The number of pyridine rings is 1. The molecule has 0 aliphatic carbocycles. The average molecular weight is 236 g/mol. The molecule has 0 saturated heterocycles. The standard InChI is InChI=1S/C12H16N2O3/c1-4-12(2,3)11(17)14-9-7-8(10(15)16)5-6-13-9/h5-7H,4H2,1-3H3,(H,15,16)(H,13,14,17). The van der Waals surface area contributed by atoms with Gasteiger partial charge in [-0.2, -0.15) is 0 Å². The first kappa shape index (κ1) is 13.2. The van der Waals surface area contributed by atoms with Gasteiger partial charge in [0.05, 0.1) is 5.56 Å². The molecule has 0 aromatic carbocycles. The summed E-state index contributed by atoms with van der Waals surface area (Å²) >= 11 is 0. The fourth-order valence-electron chi connectivity index (χ4n) is 1.08. The highest BCUT2D eigenvalue weighted by molar-refractivity contribution is 5.95. The van der Waals surface area contributed by atoms with Crippen LogP contribution >= 0.6 is 0 Å². The zero-order valence-corrected chi connectivity index (χ0v) is 10.2. The summed E-state index contributed by atoms with van der Waals surface area (Å²) in [6.45, 7) is 5.56. The maximum absolute atomic E-state index is 11.8. The summed E-state index contributed by atoms with van der Waals surface area (Å²) < 4.78 is 0. The number of anilines is 1. The van der Waals surface area contributed by atoms with Gasteiger partial charge in [0.25, 0.3) is 0 Å². The van der Waals surface area contributed by atoms with Crippen molar-refractivity contribution < 1.29 is 14.7 Å². The third kappa shape index (κ3) is 3.27. The van der Waals surface area contributed by atoms with Gasteiger partial charge < -0.3 is 10.4 Å². The van der Waals surface area contributed by atoms with Gasteiger partial charge in [-0.05, 0) is 18.6 Å². The zero-order chi connectivity index (χ0) is 13.1. The normalized spacial score (nSPS) is 11.0. The van der Waals surface area contributed by atoms with Crippen LogP contribution in [0.25, 0.3) is 0 Å². The van der Waals surface area contributed by atoms with Crippen molar-refractivity contribution in [2.24, 2.45) is 5.41 Å². The first-order valence-corrected chi connectivity index (χ1v) is 5.37. The van der Waals surface area contributed by atoms with Crippen LogP contribution in [0.4, 0.5) is 5.82 Å². The Morgan fingerprint density at radius 2 is 2.12 bits per heavy atom. The second-order valence-corrected chi connectivity index (χ2v) is 4.43. The van der Waals surface area contributed by atoms with Crippen LogP contribution in [-0.2, 0) is 4.79 Å². The minimum atomic E-state index is -1.04. The fourth-order valence-corrected chi connectivity index (χ4v) is 1.08. The highest BCUT2D eigenvalue weighted by Crippen LogP contribution is 2.21. The van der Waals surface area contributed by atoms with Crippen molar-refractivity contribution in [3.05, 3.63) is 23.9 Å². The summed E-state index contributed by atoms with van der Waals surface area (Å²) in [7, 11) is 0. The van der Waals surface area contributed by atoms with Gasteiger partial charge in [-0.1, -0.05) is 20.8 Å². The minimum absolute atomic E-state index is 0.101. The third-order valence-electron chi connectivity index (χ3n) is 2.75. The van der Waals surface area contributed by atoms with Crippen LogP contribution in [0, 0.1) is 5.41 Å². The molecular formula is C12H16N2O3. The van der Waals surface area contributed by atoms with Gasteiger partial charge >= 0.3 is 5.97 Å². The Hall–Kier alpha value is -1.91. The van der Waals surface area contributed by atoms with E-state index in [9.17, 15) is 9.59 Å². The van der Waals surface area contributed by atoms with Gasteiger partial charge in [0.15, 0.2) is 0 Å². The molecule has 1 aromatic heterocycles. The molecule has 0 saturated carbocycles. The van der Waals surface area contributed by atoms with E-state index in [1.165, 1.54) is 18.3 Å². The lowest BCUT2D eigenvalue weighted by molar-refractivity contribution is -0.124. The van der Waals surface area contributed by atoms with Crippen molar-refractivity contribution in [1.82, 2.24) is 4.98 Å². The van der Waals surface area contributed by atoms with Crippen LogP contribution < -0.4 is 5.32 Å². The summed E-state index contributed by atoms with van der Waals surface area (Å²) in [6, 6.07) is 2.72. The summed E-state index contributed by atoms with van der Waals surface area (Å²) in [6.07, 6.45) is 2.05. The van der Waals surface area contributed by atoms with Crippen LogP contribution in [0.1, 0.15) is 37.6 Å². The number of aromatic carboxylic acids is 1. The molecule has 1 amide bonds. The van der Waals surface area contributed by atoms with Gasteiger partial charge in [0.1, 0.15) is 5.82 Å². The molecule has 0 aliphatic heterocycles. The second kappa shape index (κ2) is 4.95. The molecule has 0 unspecified atom stereocenters. The molecule has 0 spiro atoms. The van der Waals surface area contributed by atoms with Gasteiger partial charge in [-0.15, -0.1) is 0 Å². The fraction of sp³-hybridized carbons (Fsp3) is 0.417. The Morgan fingerprint density at radius 1 is 1.47 bits per heavy atom. The number of nitrogens with one attached hydrogen (secondary N) is 1. The number of hydrogen-bond donors (Lipinski definition) is 2. The number of hydrogen-bond acceptors (Lipinski definition) is 3. The SMILES string of the molecule is CCC(C)(C)C(=O)Nc1cc(C(=O)O)ccn1. The largest absolute Gasteiger partial charge is 0.478 e. The van der Waals surface area contributed by atoms with E-state index in [1.807, 2.05) is 20.8 Å². The average Bonchev–Trinajstić information content (AvgIpc) is 2.29. The highest BCUT2D eigenvalue weighted by Gasteiger charge is 2.25. The van der Waals surface area contributed by atoms with Crippen LogP contribution in [0.2, 0.25) is 0 Å². The molecular weight excluding hydrogens is 220 g/mol. The summed E-state index contributed by atoms with van der Waals surface area (Å²) in [5, 5.41) is 11.4. The number of carbonyl (C=O) groups excluding carboxylic acids is 1. The number of carboxylic acids is 1. The predicted octanol–water partition coefficient (Wildman–Crippen LogP) is 2.15. The molecule has 0 bridgehead atoms.